The smallest absolute Gasteiger partial charge is 0.425 e. The highest BCUT2D eigenvalue weighted by Crippen LogP contribution is 2.31. The summed E-state index contributed by atoms with van der Waals surface area (Å²) in [5, 5.41) is 11.7. The molecule has 1 aliphatic rings. The van der Waals surface area contributed by atoms with Gasteiger partial charge in [-0.15, -0.1) is 4.83 Å². The molecule has 0 bridgehead atoms. The highest BCUT2D eigenvalue weighted by Gasteiger charge is 2.31. The van der Waals surface area contributed by atoms with Gasteiger partial charge in [-0.2, -0.15) is 0 Å². The van der Waals surface area contributed by atoms with E-state index in [0.29, 0.717) is 12.8 Å². The van der Waals surface area contributed by atoms with Gasteiger partial charge in [0.05, 0.1) is 10.5 Å². The van der Waals surface area contributed by atoms with Crippen LogP contribution in [0.3, 0.4) is 0 Å². The molecule has 1 fully saturated rings. The van der Waals surface area contributed by atoms with Crippen molar-refractivity contribution in [2.24, 2.45) is 0 Å². The molecule has 0 aromatic heterocycles. The minimum Gasteiger partial charge on any atom is -0.443 e. The van der Waals surface area contributed by atoms with E-state index in [4.69, 9.17) is 4.74 Å². The summed E-state index contributed by atoms with van der Waals surface area (Å²) in [4.78, 5) is 15.0. The van der Waals surface area contributed by atoms with Gasteiger partial charge < -0.3 is 9.84 Å². The summed E-state index contributed by atoms with van der Waals surface area (Å²) < 4.78 is 30.8. The molecule has 7 nitrogen and oxygen atoms in total. The highest BCUT2D eigenvalue weighted by molar-refractivity contribution is 7.89. The second-order valence-electron chi connectivity index (χ2n) is 8.93. The molecule has 29 heavy (non-hydrogen) atoms. The van der Waals surface area contributed by atoms with E-state index in [0.717, 1.165) is 42.7 Å². The minimum atomic E-state index is -3.93. The molecule has 1 amide bonds. The predicted molar refractivity (Wildman–Crippen MR) is 112 cm³/mol. The van der Waals surface area contributed by atoms with Gasteiger partial charge in [-0.1, -0.05) is 37.0 Å². The lowest BCUT2D eigenvalue weighted by atomic mass is 9.82. The number of hydrogen-bond donors (Lipinski definition) is 2. The standard InChI is InChI=1S/C21H34N2O5S/c1-17-9-11-18(12-10-17)29(26,27)22-23(19(24)28-20(2,3)4)16-8-15-21(25)13-6-5-7-14-21/h9-12,22,25H,5-8,13-16H2,1-4H3. The van der Waals surface area contributed by atoms with Crippen molar-refractivity contribution in [2.45, 2.75) is 88.7 Å². The Labute approximate surface area is 174 Å². The molecule has 0 aliphatic heterocycles. The molecule has 0 saturated heterocycles. The van der Waals surface area contributed by atoms with Crippen LogP contribution >= 0.6 is 0 Å². The summed E-state index contributed by atoms with van der Waals surface area (Å²) in [5.74, 6) is 0. The Balaban J connectivity index is 2.09. The van der Waals surface area contributed by atoms with E-state index < -0.39 is 27.3 Å². The summed E-state index contributed by atoms with van der Waals surface area (Å²) >= 11 is 0. The van der Waals surface area contributed by atoms with Crippen molar-refractivity contribution in [1.29, 1.82) is 0 Å². The largest absolute Gasteiger partial charge is 0.443 e. The lowest BCUT2D eigenvalue weighted by Gasteiger charge is -2.33. The molecular weight excluding hydrogens is 392 g/mol. The summed E-state index contributed by atoms with van der Waals surface area (Å²) in [6.45, 7) is 7.15. The first-order valence-corrected chi connectivity index (χ1v) is 11.7. The van der Waals surface area contributed by atoms with Crippen LogP contribution in [0.2, 0.25) is 0 Å². The van der Waals surface area contributed by atoms with Gasteiger partial charge in [0.25, 0.3) is 10.0 Å². The van der Waals surface area contributed by atoms with Crippen molar-refractivity contribution < 1.29 is 23.1 Å². The zero-order valence-corrected chi connectivity index (χ0v) is 18.7. The van der Waals surface area contributed by atoms with Crippen LogP contribution < -0.4 is 4.83 Å². The lowest BCUT2D eigenvalue weighted by Crippen LogP contribution is -2.49. The van der Waals surface area contributed by atoms with Crippen LogP contribution in [0, 0.1) is 6.92 Å². The van der Waals surface area contributed by atoms with Gasteiger partial charge in [0, 0.05) is 6.54 Å². The van der Waals surface area contributed by atoms with Crippen molar-refractivity contribution in [3.63, 3.8) is 0 Å². The van der Waals surface area contributed by atoms with Crippen LogP contribution in [0.15, 0.2) is 29.2 Å². The quantitative estimate of drug-likeness (QED) is 0.645. The Kier molecular flexibility index (Phi) is 7.70. The van der Waals surface area contributed by atoms with E-state index in [2.05, 4.69) is 4.83 Å². The third kappa shape index (κ3) is 7.60. The molecule has 2 rings (SSSR count). The zero-order valence-electron chi connectivity index (χ0n) is 17.9. The number of carbonyl (C=O) groups excluding carboxylic acids is 1. The second-order valence-corrected chi connectivity index (χ2v) is 10.6. The molecule has 0 radical (unpaired) electrons. The van der Waals surface area contributed by atoms with Crippen LogP contribution in [-0.4, -0.2) is 42.4 Å². The Morgan fingerprint density at radius 1 is 1.17 bits per heavy atom. The van der Waals surface area contributed by atoms with Crippen molar-refractivity contribution in [1.82, 2.24) is 9.84 Å². The number of sulfonamides is 1. The number of hydrazine groups is 1. The molecule has 1 saturated carbocycles. The van der Waals surface area contributed by atoms with Gasteiger partial charge in [0.2, 0.25) is 0 Å². The van der Waals surface area contributed by atoms with E-state index in [1.165, 1.54) is 12.1 Å². The third-order valence-electron chi connectivity index (χ3n) is 4.98. The Morgan fingerprint density at radius 3 is 2.31 bits per heavy atom. The Morgan fingerprint density at radius 2 is 1.76 bits per heavy atom. The molecule has 164 valence electrons. The third-order valence-corrected chi connectivity index (χ3v) is 6.34. The SMILES string of the molecule is Cc1ccc(S(=O)(=O)NN(CCCC2(O)CCCCC2)C(=O)OC(C)(C)C)cc1. The number of aryl methyl sites for hydroxylation is 1. The van der Waals surface area contributed by atoms with Gasteiger partial charge >= 0.3 is 6.09 Å². The van der Waals surface area contributed by atoms with Gasteiger partial charge in [-0.25, -0.2) is 18.2 Å². The summed E-state index contributed by atoms with van der Waals surface area (Å²) in [5.41, 5.74) is -0.548. The first-order chi connectivity index (χ1) is 13.4. The maximum atomic E-state index is 12.7. The number of nitrogens with zero attached hydrogens (tertiary/aromatic N) is 1. The molecule has 1 aromatic rings. The van der Waals surface area contributed by atoms with E-state index >= 15 is 0 Å². The maximum absolute atomic E-state index is 12.7. The van der Waals surface area contributed by atoms with Crippen LogP contribution in [0.1, 0.15) is 71.3 Å². The lowest BCUT2D eigenvalue weighted by molar-refractivity contribution is -0.0110. The Bertz CT molecular complexity index is 778. The van der Waals surface area contributed by atoms with Gasteiger partial charge in [-0.05, 0) is 65.5 Å². The summed E-state index contributed by atoms with van der Waals surface area (Å²) in [6.07, 6.45) is 4.82. The number of nitrogens with one attached hydrogen (secondary N) is 1. The van der Waals surface area contributed by atoms with E-state index in [-0.39, 0.29) is 11.4 Å². The number of benzene rings is 1. The fraction of sp³-hybridized carbons (Fsp3) is 0.667. The molecule has 0 unspecified atom stereocenters. The molecule has 8 heteroatoms. The zero-order chi connectivity index (χ0) is 21.7. The van der Waals surface area contributed by atoms with Gasteiger partial charge in [0.15, 0.2) is 0 Å². The summed E-state index contributed by atoms with van der Waals surface area (Å²) in [6, 6.07) is 6.39. The monoisotopic (exact) mass is 426 g/mol. The van der Waals surface area contributed by atoms with Crippen LogP contribution in [0.5, 0.6) is 0 Å². The second kappa shape index (κ2) is 9.45. The molecule has 0 atom stereocenters. The number of ether oxygens (including phenoxy) is 1. The van der Waals surface area contributed by atoms with Gasteiger partial charge in [-0.3, -0.25) is 0 Å². The van der Waals surface area contributed by atoms with E-state index in [1.807, 2.05) is 6.92 Å². The van der Waals surface area contributed by atoms with Crippen LogP contribution in [0.4, 0.5) is 4.79 Å². The average molecular weight is 427 g/mol. The summed E-state index contributed by atoms with van der Waals surface area (Å²) in [7, 11) is -3.93. The fourth-order valence-corrected chi connectivity index (χ4v) is 4.49. The highest BCUT2D eigenvalue weighted by atomic mass is 32.2. The van der Waals surface area contributed by atoms with E-state index in [9.17, 15) is 18.3 Å². The van der Waals surface area contributed by atoms with Crippen molar-refractivity contribution in [2.75, 3.05) is 6.54 Å². The fourth-order valence-electron chi connectivity index (χ4n) is 3.43. The van der Waals surface area contributed by atoms with Crippen molar-refractivity contribution in [3.05, 3.63) is 29.8 Å². The van der Waals surface area contributed by atoms with Crippen molar-refractivity contribution in [3.8, 4) is 0 Å². The van der Waals surface area contributed by atoms with Gasteiger partial charge in [0.1, 0.15) is 5.60 Å². The molecule has 0 spiro atoms. The Hall–Kier alpha value is -1.64. The molecule has 1 aromatic carbocycles. The number of aliphatic hydroxyl groups is 1. The molecule has 2 N–H and O–H groups in total. The predicted octanol–water partition coefficient (Wildman–Crippen LogP) is 3.90. The van der Waals surface area contributed by atoms with Crippen molar-refractivity contribution >= 4 is 16.1 Å². The average Bonchev–Trinajstić information content (AvgIpc) is 2.60. The first-order valence-electron chi connectivity index (χ1n) is 10.2. The number of amides is 1. The molecular formula is C21H34N2O5S. The molecule has 0 heterocycles. The minimum absolute atomic E-state index is 0.0718. The van der Waals surface area contributed by atoms with Crippen LogP contribution in [-0.2, 0) is 14.8 Å². The number of hydrogen-bond acceptors (Lipinski definition) is 5. The topological polar surface area (TPSA) is 95.9 Å². The first kappa shape index (κ1) is 23.6. The molecule has 1 aliphatic carbocycles. The normalized spacial score (nSPS) is 17.0. The van der Waals surface area contributed by atoms with E-state index in [1.54, 1.807) is 32.9 Å². The maximum Gasteiger partial charge on any atom is 0.425 e. The number of rotatable bonds is 7. The number of carbonyl (C=O) groups is 1. The van der Waals surface area contributed by atoms with Crippen LogP contribution in [0.25, 0.3) is 0 Å².